The topological polar surface area (TPSA) is 68.0 Å². The lowest BCUT2D eigenvalue weighted by Crippen LogP contribution is -2.00. The second kappa shape index (κ2) is 5.69. The van der Waals surface area contributed by atoms with E-state index in [0.717, 1.165) is 16.9 Å². The Hall–Kier alpha value is -2.54. The summed E-state index contributed by atoms with van der Waals surface area (Å²) in [6, 6.07) is 8.09. The van der Waals surface area contributed by atoms with Crippen LogP contribution in [-0.4, -0.2) is 25.8 Å². The molecule has 0 fully saturated rings. The van der Waals surface area contributed by atoms with E-state index in [4.69, 9.17) is 5.11 Å². The number of hydrogen-bond acceptors (Lipinski definition) is 4. The van der Waals surface area contributed by atoms with Crippen LogP contribution in [0.5, 0.6) is 0 Å². The molecule has 1 aromatic carbocycles. The van der Waals surface area contributed by atoms with Gasteiger partial charge < -0.3 is 5.11 Å². The summed E-state index contributed by atoms with van der Waals surface area (Å²) in [5.41, 5.74) is 1.89. The summed E-state index contributed by atoms with van der Waals surface area (Å²) < 4.78 is 14.8. The smallest absolute Gasteiger partial charge is 0.347 e. The molecule has 0 aliphatic carbocycles. The maximum absolute atomic E-state index is 13.2. The van der Waals surface area contributed by atoms with Crippen molar-refractivity contribution in [1.82, 2.24) is 14.8 Å². The van der Waals surface area contributed by atoms with Crippen molar-refractivity contribution in [3.63, 3.8) is 0 Å². The van der Waals surface area contributed by atoms with Crippen LogP contribution in [0.3, 0.4) is 0 Å². The van der Waals surface area contributed by atoms with Gasteiger partial charge in [-0.05, 0) is 30.7 Å². The van der Waals surface area contributed by atoms with Gasteiger partial charge in [0.05, 0.1) is 12.2 Å². The van der Waals surface area contributed by atoms with Crippen LogP contribution >= 0.6 is 11.3 Å². The quantitative estimate of drug-likeness (QED) is 0.802. The van der Waals surface area contributed by atoms with Crippen molar-refractivity contribution >= 4 is 17.3 Å². The summed E-state index contributed by atoms with van der Waals surface area (Å²) in [6.45, 7) is 2.10. The lowest BCUT2D eigenvalue weighted by Gasteiger charge is -2.01. The number of aromatic carboxylic acids is 1. The van der Waals surface area contributed by atoms with Crippen LogP contribution in [0.25, 0.3) is 10.7 Å². The minimum absolute atomic E-state index is 0.217. The highest BCUT2D eigenvalue weighted by Gasteiger charge is 2.16. The van der Waals surface area contributed by atoms with Crippen LogP contribution in [0.4, 0.5) is 4.39 Å². The SMILES string of the molecule is Cc1nc(-c2ccn(Cc3cccc(F)c3)n2)sc1C(=O)O. The standard InChI is InChI=1S/C15H12FN3O2S/c1-9-13(15(20)21)22-14(17-9)12-5-6-19(18-12)8-10-3-2-4-11(16)7-10/h2-7H,8H2,1H3,(H,20,21). The lowest BCUT2D eigenvalue weighted by atomic mass is 10.2. The first kappa shape index (κ1) is 14.4. The molecule has 5 nitrogen and oxygen atoms in total. The monoisotopic (exact) mass is 317 g/mol. The first-order valence-corrected chi connectivity index (χ1v) is 7.33. The third-order valence-corrected chi connectivity index (χ3v) is 4.25. The molecule has 0 unspecified atom stereocenters. The Morgan fingerprint density at radius 2 is 2.23 bits per heavy atom. The molecule has 0 radical (unpaired) electrons. The Bertz CT molecular complexity index is 841. The molecule has 3 aromatic rings. The van der Waals surface area contributed by atoms with Crippen LogP contribution in [0.2, 0.25) is 0 Å². The van der Waals surface area contributed by atoms with Crippen LogP contribution in [0, 0.1) is 12.7 Å². The lowest BCUT2D eigenvalue weighted by molar-refractivity contribution is 0.0701. The number of carbonyl (C=O) groups is 1. The van der Waals surface area contributed by atoms with Gasteiger partial charge in [-0.25, -0.2) is 14.2 Å². The van der Waals surface area contributed by atoms with Crippen molar-refractivity contribution in [3.8, 4) is 10.7 Å². The highest BCUT2D eigenvalue weighted by molar-refractivity contribution is 7.17. The van der Waals surface area contributed by atoms with Gasteiger partial charge in [0.25, 0.3) is 0 Å². The van der Waals surface area contributed by atoms with Crippen molar-refractivity contribution in [2.75, 3.05) is 0 Å². The first-order chi connectivity index (χ1) is 10.5. The maximum Gasteiger partial charge on any atom is 0.347 e. The molecular formula is C15H12FN3O2S. The van der Waals surface area contributed by atoms with E-state index in [9.17, 15) is 9.18 Å². The minimum atomic E-state index is -0.986. The number of aryl methyl sites for hydroxylation is 1. The van der Waals surface area contributed by atoms with E-state index in [0.29, 0.717) is 22.9 Å². The molecule has 22 heavy (non-hydrogen) atoms. The van der Waals surface area contributed by atoms with Crippen LogP contribution in [0.1, 0.15) is 20.9 Å². The number of nitrogens with zero attached hydrogens (tertiary/aromatic N) is 3. The summed E-state index contributed by atoms with van der Waals surface area (Å²) in [7, 11) is 0. The Kier molecular flexibility index (Phi) is 3.72. The molecule has 7 heteroatoms. The number of halogens is 1. The van der Waals surface area contributed by atoms with Crippen molar-refractivity contribution in [3.05, 3.63) is 58.5 Å². The number of rotatable bonds is 4. The molecule has 0 bridgehead atoms. The Morgan fingerprint density at radius 3 is 2.91 bits per heavy atom. The fourth-order valence-electron chi connectivity index (χ4n) is 2.09. The van der Waals surface area contributed by atoms with Gasteiger partial charge in [-0.1, -0.05) is 12.1 Å². The fourth-order valence-corrected chi connectivity index (χ4v) is 2.96. The first-order valence-electron chi connectivity index (χ1n) is 6.52. The predicted octanol–water partition coefficient (Wildman–Crippen LogP) is 3.20. The summed E-state index contributed by atoms with van der Waals surface area (Å²) in [5.74, 6) is -1.27. The number of hydrogen-bond donors (Lipinski definition) is 1. The molecule has 112 valence electrons. The second-order valence-electron chi connectivity index (χ2n) is 4.77. The maximum atomic E-state index is 13.2. The van der Waals surface area contributed by atoms with E-state index in [2.05, 4.69) is 10.1 Å². The summed E-state index contributed by atoms with van der Waals surface area (Å²) in [5, 5.41) is 14.0. The molecule has 0 saturated heterocycles. The molecule has 2 aromatic heterocycles. The molecule has 0 amide bonds. The van der Waals surface area contributed by atoms with Crippen LogP contribution in [0.15, 0.2) is 36.5 Å². The third kappa shape index (κ3) is 2.89. The number of carboxylic acids is 1. The normalized spacial score (nSPS) is 10.8. The number of carboxylic acid groups (broad SMARTS) is 1. The zero-order valence-electron chi connectivity index (χ0n) is 11.7. The minimum Gasteiger partial charge on any atom is -0.477 e. The second-order valence-corrected chi connectivity index (χ2v) is 5.77. The van der Waals surface area contributed by atoms with Crippen LogP contribution in [-0.2, 0) is 6.54 Å². The van der Waals surface area contributed by atoms with E-state index in [1.165, 1.54) is 12.1 Å². The summed E-state index contributed by atoms with van der Waals surface area (Å²) in [4.78, 5) is 15.5. The molecule has 2 heterocycles. The van der Waals surface area contributed by atoms with Crippen molar-refractivity contribution < 1.29 is 14.3 Å². The van der Waals surface area contributed by atoms with Crippen molar-refractivity contribution in [2.24, 2.45) is 0 Å². The molecular weight excluding hydrogens is 305 g/mol. The van der Waals surface area contributed by atoms with E-state index in [1.54, 1.807) is 29.9 Å². The Balaban J connectivity index is 1.84. The van der Waals surface area contributed by atoms with E-state index in [-0.39, 0.29) is 10.7 Å². The molecule has 0 spiro atoms. The predicted molar refractivity (Wildman–Crippen MR) is 80.5 cm³/mol. The number of benzene rings is 1. The Morgan fingerprint density at radius 1 is 1.41 bits per heavy atom. The molecule has 0 aliphatic heterocycles. The summed E-state index contributed by atoms with van der Waals surface area (Å²) >= 11 is 1.10. The number of aromatic nitrogens is 3. The van der Waals surface area contributed by atoms with Gasteiger partial charge in [0.2, 0.25) is 0 Å². The van der Waals surface area contributed by atoms with E-state index >= 15 is 0 Å². The third-order valence-electron chi connectivity index (χ3n) is 3.08. The zero-order chi connectivity index (χ0) is 15.7. The van der Waals surface area contributed by atoms with Crippen LogP contribution < -0.4 is 0 Å². The highest BCUT2D eigenvalue weighted by atomic mass is 32.1. The molecule has 1 N–H and O–H groups in total. The van der Waals surface area contributed by atoms with E-state index in [1.807, 2.05) is 6.07 Å². The highest BCUT2D eigenvalue weighted by Crippen LogP contribution is 2.26. The molecule has 0 saturated carbocycles. The van der Waals surface area contributed by atoms with Crippen molar-refractivity contribution in [1.29, 1.82) is 0 Å². The van der Waals surface area contributed by atoms with Gasteiger partial charge in [-0.15, -0.1) is 11.3 Å². The Labute approximate surface area is 129 Å². The van der Waals surface area contributed by atoms with Gasteiger partial charge >= 0.3 is 5.97 Å². The fraction of sp³-hybridized carbons (Fsp3) is 0.133. The molecule has 0 atom stereocenters. The average Bonchev–Trinajstić information content (AvgIpc) is 3.05. The van der Waals surface area contributed by atoms with Gasteiger partial charge in [-0.2, -0.15) is 5.10 Å². The van der Waals surface area contributed by atoms with Gasteiger partial charge in [-0.3, -0.25) is 4.68 Å². The van der Waals surface area contributed by atoms with Gasteiger partial charge in [0.15, 0.2) is 0 Å². The van der Waals surface area contributed by atoms with Crippen molar-refractivity contribution in [2.45, 2.75) is 13.5 Å². The summed E-state index contributed by atoms with van der Waals surface area (Å²) in [6.07, 6.45) is 1.76. The van der Waals surface area contributed by atoms with Gasteiger partial charge in [0, 0.05) is 6.20 Å². The average molecular weight is 317 g/mol. The van der Waals surface area contributed by atoms with E-state index < -0.39 is 5.97 Å². The largest absolute Gasteiger partial charge is 0.477 e. The zero-order valence-corrected chi connectivity index (χ0v) is 12.5. The van der Waals surface area contributed by atoms with Gasteiger partial charge in [0.1, 0.15) is 21.4 Å². The molecule has 0 aliphatic rings. The number of thiazole rings is 1. The molecule has 3 rings (SSSR count).